The number of aliphatic hydroxyl groups excluding tert-OH is 3. The number of rotatable bonds is 30. The largest absolute Gasteiger partial charge is 0.480 e. The van der Waals surface area contributed by atoms with Crippen LogP contribution in [0.15, 0.2) is 30.3 Å². The number of aliphatic hydroxyl groups is 3. The summed E-state index contributed by atoms with van der Waals surface area (Å²) in [4.78, 5) is 119. The fraction of sp³-hybridized carbons (Fsp3) is 0.667. The van der Waals surface area contributed by atoms with Crippen LogP contribution in [0, 0.1) is 23.7 Å². The third-order valence-corrected chi connectivity index (χ3v) is 10.9. The van der Waals surface area contributed by atoms with Crippen LogP contribution in [0.2, 0.25) is 0 Å². The molecule has 0 aliphatic heterocycles. The summed E-state index contributed by atoms with van der Waals surface area (Å²) in [5.41, 5.74) is 12.1. The van der Waals surface area contributed by atoms with Gasteiger partial charge in [-0.2, -0.15) is 0 Å². The van der Waals surface area contributed by atoms with Crippen molar-refractivity contribution in [3.8, 4) is 0 Å². The van der Waals surface area contributed by atoms with E-state index in [1.165, 1.54) is 0 Å². The number of nitrogens with one attached hydrogen (secondary N) is 8. The standard InChI is InChI=1S/C45H76N10O13/c1-22(2)32(51-37(59)28(47)17-13-14-18-46)41(63)53-34(24(5)6)43(65)55-36(26(9)58)44(66)50-31(21-57)40(62)49-30(20-56)39(61)48-29(19-27-15-11-10-12-16-27)38(60)52-33(23(3)4)42(64)54-35(25(7)8)45(67)68/h10-12,15-16,22-26,28-36,56-58H,13-14,17-21,46-47H2,1-9H3,(H,48,61)(H,49,62)(H,50,66)(H,51,59)(H,52,60)(H,53,63)(H,54,64)(H,55,65)(H,67,68)/t26-,28+,29+,30+,31+,32+,33+,34+,35+,36+/m1/s1. The van der Waals surface area contributed by atoms with Crippen LogP contribution in [0.3, 0.4) is 0 Å². The molecule has 0 bridgehead atoms. The Balaban J connectivity index is 3.22. The molecule has 0 saturated carbocycles. The number of nitrogens with two attached hydrogens (primary N) is 2. The van der Waals surface area contributed by atoms with Crippen molar-refractivity contribution >= 4 is 53.2 Å². The number of hydrogen-bond donors (Lipinski definition) is 14. The Labute approximate surface area is 397 Å². The number of carboxylic acids is 1. The van der Waals surface area contributed by atoms with Gasteiger partial charge in [-0.1, -0.05) is 92.1 Å². The Morgan fingerprint density at radius 3 is 1.24 bits per heavy atom. The molecule has 0 saturated heterocycles. The smallest absolute Gasteiger partial charge is 0.326 e. The van der Waals surface area contributed by atoms with Crippen LogP contribution < -0.4 is 54.0 Å². The van der Waals surface area contributed by atoms with Crippen molar-refractivity contribution in [1.29, 1.82) is 0 Å². The molecule has 0 spiro atoms. The molecule has 1 aromatic rings. The molecule has 10 atom stereocenters. The molecule has 0 unspecified atom stereocenters. The summed E-state index contributed by atoms with van der Waals surface area (Å²) >= 11 is 0. The van der Waals surface area contributed by atoms with Gasteiger partial charge in [-0.05, 0) is 55.5 Å². The van der Waals surface area contributed by atoms with Crippen molar-refractivity contribution in [1.82, 2.24) is 42.5 Å². The molecule has 23 nitrogen and oxygen atoms in total. The van der Waals surface area contributed by atoms with Crippen molar-refractivity contribution in [2.75, 3.05) is 19.8 Å². The number of carboxylic acid groups (broad SMARTS) is 1. The zero-order valence-corrected chi connectivity index (χ0v) is 40.5. The van der Waals surface area contributed by atoms with Gasteiger partial charge in [-0.25, -0.2) is 4.79 Å². The minimum absolute atomic E-state index is 0.136. The maximum absolute atomic E-state index is 13.8. The highest BCUT2D eigenvalue weighted by Gasteiger charge is 2.37. The van der Waals surface area contributed by atoms with Crippen molar-refractivity contribution in [3.05, 3.63) is 35.9 Å². The van der Waals surface area contributed by atoms with E-state index in [0.29, 0.717) is 31.4 Å². The average Bonchev–Trinajstić information content (AvgIpc) is 3.27. The maximum Gasteiger partial charge on any atom is 0.326 e. The quantitative estimate of drug-likeness (QED) is 0.0335. The van der Waals surface area contributed by atoms with Gasteiger partial charge in [0.25, 0.3) is 0 Å². The molecule has 0 aliphatic rings. The third-order valence-electron chi connectivity index (χ3n) is 10.9. The normalized spacial score (nSPS) is 15.9. The van der Waals surface area contributed by atoms with Gasteiger partial charge in [0.1, 0.15) is 48.3 Å². The number of carbonyl (C=O) groups excluding carboxylic acids is 8. The predicted molar refractivity (Wildman–Crippen MR) is 249 cm³/mol. The lowest BCUT2D eigenvalue weighted by molar-refractivity contribution is -0.144. The van der Waals surface area contributed by atoms with Gasteiger partial charge >= 0.3 is 5.97 Å². The van der Waals surface area contributed by atoms with Gasteiger partial charge in [0.15, 0.2) is 0 Å². The number of unbranched alkanes of at least 4 members (excludes halogenated alkanes) is 1. The summed E-state index contributed by atoms with van der Waals surface area (Å²) in [5, 5.41) is 60.0. The molecule has 0 radical (unpaired) electrons. The molecule has 0 aromatic heterocycles. The predicted octanol–water partition coefficient (Wildman–Crippen LogP) is -3.36. The highest BCUT2D eigenvalue weighted by atomic mass is 16.4. The Morgan fingerprint density at radius 2 is 0.838 bits per heavy atom. The lowest BCUT2D eigenvalue weighted by Crippen LogP contribution is -2.63. The summed E-state index contributed by atoms with van der Waals surface area (Å²) in [6, 6.07) is -4.20. The van der Waals surface area contributed by atoms with Gasteiger partial charge in [-0.3, -0.25) is 38.4 Å². The van der Waals surface area contributed by atoms with E-state index in [0.717, 1.165) is 6.92 Å². The second-order valence-electron chi connectivity index (χ2n) is 18.1. The van der Waals surface area contributed by atoms with Gasteiger partial charge in [0.2, 0.25) is 47.3 Å². The van der Waals surface area contributed by atoms with Crippen LogP contribution in [0.25, 0.3) is 0 Å². The van der Waals surface area contributed by atoms with Crippen LogP contribution in [0.4, 0.5) is 0 Å². The van der Waals surface area contributed by atoms with E-state index in [-0.39, 0.29) is 6.42 Å². The van der Waals surface area contributed by atoms with Gasteiger partial charge in [0, 0.05) is 6.42 Å². The van der Waals surface area contributed by atoms with Gasteiger partial charge in [-0.15, -0.1) is 0 Å². The van der Waals surface area contributed by atoms with Gasteiger partial charge in [0.05, 0.1) is 25.4 Å². The van der Waals surface area contributed by atoms with E-state index in [9.17, 15) is 63.6 Å². The first-order chi connectivity index (χ1) is 31.8. The molecule has 68 heavy (non-hydrogen) atoms. The molecule has 0 heterocycles. The summed E-state index contributed by atoms with van der Waals surface area (Å²) in [6.45, 7) is 12.5. The monoisotopic (exact) mass is 965 g/mol. The van der Waals surface area contributed by atoms with Crippen molar-refractivity contribution in [3.63, 3.8) is 0 Å². The number of benzene rings is 1. The molecule has 23 heteroatoms. The summed E-state index contributed by atoms with van der Waals surface area (Å²) in [7, 11) is 0. The molecule has 0 fully saturated rings. The Hall–Kier alpha value is -5.75. The van der Waals surface area contributed by atoms with Crippen LogP contribution in [-0.2, 0) is 49.6 Å². The van der Waals surface area contributed by atoms with Crippen LogP contribution in [-0.4, -0.2) is 154 Å². The molecule has 0 aliphatic carbocycles. The highest BCUT2D eigenvalue weighted by Crippen LogP contribution is 2.12. The van der Waals surface area contributed by atoms with E-state index in [1.807, 2.05) is 0 Å². The molecule has 8 amide bonds. The van der Waals surface area contributed by atoms with Crippen LogP contribution in [0.1, 0.15) is 87.1 Å². The van der Waals surface area contributed by atoms with Crippen LogP contribution in [0.5, 0.6) is 0 Å². The first-order valence-electron chi connectivity index (χ1n) is 22.9. The Kier molecular flexibility index (Phi) is 26.5. The summed E-state index contributed by atoms with van der Waals surface area (Å²) in [6.07, 6.45) is -0.144. The molecule has 384 valence electrons. The zero-order chi connectivity index (χ0) is 52.0. The molecular weight excluding hydrogens is 889 g/mol. The summed E-state index contributed by atoms with van der Waals surface area (Å²) in [5.74, 6) is -10.7. The second kappa shape index (κ2) is 29.9. The lowest BCUT2D eigenvalue weighted by atomic mass is 9.98. The summed E-state index contributed by atoms with van der Waals surface area (Å²) < 4.78 is 0. The fourth-order valence-corrected chi connectivity index (χ4v) is 6.66. The number of amides is 8. The second-order valence-corrected chi connectivity index (χ2v) is 18.1. The van der Waals surface area contributed by atoms with E-state index < -0.39 is 151 Å². The fourth-order valence-electron chi connectivity index (χ4n) is 6.66. The van der Waals surface area contributed by atoms with Crippen molar-refractivity contribution < 1.29 is 63.6 Å². The number of carbonyl (C=O) groups is 9. The first kappa shape index (κ1) is 60.3. The van der Waals surface area contributed by atoms with Gasteiger partial charge < -0.3 is 74.4 Å². The van der Waals surface area contributed by atoms with E-state index >= 15 is 0 Å². The third kappa shape index (κ3) is 19.8. The molecule has 16 N–H and O–H groups in total. The zero-order valence-electron chi connectivity index (χ0n) is 40.5. The number of hydrogen-bond acceptors (Lipinski definition) is 14. The minimum atomic E-state index is -1.82. The molecular formula is C45H76N10O13. The van der Waals surface area contributed by atoms with E-state index in [2.05, 4.69) is 42.5 Å². The van der Waals surface area contributed by atoms with Crippen molar-refractivity contribution in [2.24, 2.45) is 35.1 Å². The number of aliphatic carboxylic acids is 1. The van der Waals surface area contributed by atoms with E-state index in [1.54, 1.807) is 85.7 Å². The Bertz CT molecular complexity index is 1830. The molecule has 1 aromatic carbocycles. The van der Waals surface area contributed by atoms with Crippen molar-refractivity contribution in [2.45, 2.75) is 148 Å². The SMILES string of the molecule is CC(C)[C@H](NC(=O)[C@@H](NC(=O)[C@H](Cc1ccccc1)NC(=O)[C@H](CO)NC(=O)[C@H](CO)NC(=O)[C@@H](NC(=O)[C@@H](NC(=O)[C@@H](NC(=O)[C@@H](N)CCCCN)C(C)C)C(C)C)[C@@H](C)O)C(C)C)C(=O)O. The van der Waals surface area contributed by atoms with E-state index in [4.69, 9.17) is 11.5 Å². The highest BCUT2D eigenvalue weighted by molar-refractivity contribution is 5.98. The maximum atomic E-state index is 13.8. The average molecular weight is 965 g/mol. The lowest BCUT2D eigenvalue weighted by Gasteiger charge is -2.30. The Morgan fingerprint density at radius 1 is 0.485 bits per heavy atom. The molecule has 1 rings (SSSR count). The van der Waals surface area contributed by atoms with Crippen LogP contribution >= 0.6 is 0 Å². The first-order valence-corrected chi connectivity index (χ1v) is 22.9. The minimum Gasteiger partial charge on any atom is -0.480 e. The topological polar surface area (TPSA) is 383 Å².